The van der Waals surface area contributed by atoms with Crippen LogP contribution >= 0.6 is 0 Å². The van der Waals surface area contributed by atoms with Crippen molar-refractivity contribution in [3.8, 4) is 11.8 Å². The molecule has 1 aliphatic carbocycles. The summed E-state index contributed by atoms with van der Waals surface area (Å²) in [6.45, 7) is 1.79. The van der Waals surface area contributed by atoms with Gasteiger partial charge in [0.1, 0.15) is 0 Å². The van der Waals surface area contributed by atoms with Crippen molar-refractivity contribution in [2.75, 3.05) is 0 Å². The lowest BCUT2D eigenvalue weighted by Gasteiger charge is -1.62. The van der Waals surface area contributed by atoms with Gasteiger partial charge in [-0.15, -0.1) is 11.8 Å². The SMILES string of the molecule is [2H]C1(C#CC)CC1. The highest BCUT2D eigenvalue weighted by molar-refractivity contribution is 5.06. The van der Waals surface area contributed by atoms with Crippen LogP contribution in [0.25, 0.3) is 0 Å². The average Bonchev–Trinajstić information content (AvgIpc) is 2.22. The molecule has 0 saturated heterocycles. The van der Waals surface area contributed by atoms with Gasteiger partial charge in [0.05, 0.1) is 0 Å². The van der Waals surface area contributed by atoms with Crippen molar-refractivity contribution in [3.05, 3.63) is 0 Å². The molecule has 6 heavy (non-hydrogen) atoms. The number of rotatable bonds is 0. The van der Waals surface area contributed by atoms with Crippen molar-refractivity contribution < 1.29 is 1.37 Å². The minimum Gasteiger partial charge on any atom is -0.106 e. The topological polar surface area (TPSA) is 0 Å². The first-order chi connectivity index (χ1) is 3.27. The summed E-state index contributed by atoms with van der Waals surface area (Å²) >= 11 is 0. The van der Waals surface area contributed by atoms with Crippen LogP contribution in [0.4, 0.5) is 0 Å². The zero-order valence-electron chi connectivity index (χ0n) is 4.91. The second-order valence-electron chi connectivity index (χ2n) is 1.48. The maximum absolute atomic E-state index is 7.27. The summed E-state index contributed by atoms with van der Waals surface area (Å²) in [4.78, 5) is 0. The summed E-state index contributed by atoms with van der Waals surface area (Å²) in [7, 11) is 0. The van der Waals surface area contributed by atoms with Gasteiger partial charge in [0.25, 0.3) is 0 Å². The van der Waals surface area contributed by atoms with Crippen LogP contribution in [0.3, 0.4) is 0 Å². The van der Waals surface area contributed by atoms with Gasteiger partial charge in [0.2, 0.25) is 0 Å². The lowest BCUT2D eigenvalue weighted by molar-refractivity contribution is 1.18. The molecule has 1 fully saturated rings. The summed E-state index contributed by atoms with van der Waals surface area (Å²) in [6.07, 6.45) is 1.96. The van der Waals surface area contributed by atoms with Gasteiger partial charge >= 0.3 is 0 Å². The first-order valence-corrected chi connectivity index (χ1v) is 2.21. The van der Waals surface area contributed by atoms with Crippen LogP contribution in [0.5, 0.6) is 0 Å². The Bertz CT molecular complexity index is 123. The smallest absolute Gasteiger partial charge is 0.0439 e. The van der Waals surface area contributed by atoms with Gasteiger partial charge in [-0.2, -0.15) is 0 Å². The second-order valence-corrected chi connectivity index (χ2v) is 1.48. The third kappa shape index (κ3) is 0.755. The van der Waals surface area contributed by atoms with Crippen molar-refractivity contribution in [1.29, 1.82) is 0 Å². The van der Waals surface area contributed by atoms with Crippen LogP contribution in [0.15, 0.2) is 0 Å². The molecule has 0 unspecified atom stereocenters. The second kappa shape index (κ2) is 1.34. The van der Waals surface area contributed by atoms with Crippen LogP contribution < -0.4 is 0 Å². The highest BCUT2D eigenvalue weighted by Crippen LogP contribution is 2.27. The van der Waals surface area contributed by atoms with Crippen molar-refractivity contribution in [2.24, 2.45) is 5.89 Å². The molecule has 32 valence electrons. The molecule has 0 nitrogen and oxygen atoms in total. The first kappa shape index (κ1) is 2.69. The van der Waals surface area contributed by atoms with E-state index in [9.17, 15) is 0 Å². The van der Waals surface area contributed by atoms with Crippen molar-refractivity contribution in [2.45, 2.75) is 19.8 Å². The highest BCUT2D eigenvalue weighted by Gasteiger charge is 2.17. The molecule has 0 aromatic rings. The Balaban J connectivity index is 2.50. The molecule has 0 N–H and O–H groups in total. The Morgan fingerprint density at radius 2 is 2.50 bits per heavy atom. The Morgan fingerprint density at radius 1 is 1.83 bits per heavy atom. The van der Waals surface area contributed by atoms with Crippen molar-refractivity contribution in [1.82, 2.24) is 0 Å². The molecule has 0 aromatic carbocycles. The summed E-state index contributed by atoms with van der Waals surface area (Å²) in [6, 6.07) is 0. The molecule has 0 spiro atoms. The average molecular weight is 81.1 g/mol. The van der Waals surface area contributed by atoms with E-state index < -0.39 is 0 Å². The summed E-state index contributed by atoms with van der Waals surface area (Å²) in [5.74, 6) is 5.23. The Kier molecular flexibility index (Phi) is 0.601. The fourth-order valence-corrected chi connectivity index (χ4v) is 0.364. The number of hydrogen-bond donors (Lipinski definition) is 0. The van der Waals surface area contributed by atoms with Gasteiger partial charge in [0.15, 0.2) is 0 Å². The molecule has 0 heterocycles. The van der Waals surface area contributed by atoms with Crippen LogP contribution in [-0.2, 0) is 0 Å². The zero-order valence-corrected chi connectivity index (χ0v) is 3.91. The third-order valence-corrected chi connectivity index (χ3v) is 0.802. The van der Waals surface area contributed by atoms with E-state index in [2.05, 4.69) is 11.8 Å². The van der Waals surface area contributed by atoms with Crippen molar-refractivity contribution in [3.63, 3.8) is 0 Å². The first-order valence-electron chi connectivity index (χ1n) is 2.71. The maximum Gasteiger partial charge on any atom is 0.0439 e. The third-order valence-electron chi connectivity index (χ3n) is 0.802. The van der Waals surface area contributed by atoms with Crippen LogP contribution in [0.1, 0.15) is 21.1 Å². The van der Waals surface area contributed by atoms with E-state index in [1.807, 2.05) is 0 Å². The lowest BCUT2D eigenvalue weighted by Crippen LogP contribution is -1.56. The summed E-state index contributed by atoms with van der Waals surface area (Å²) in [5, 5.41) is 0. The van der Waals surface area contributed by atoms with Gasteiger partial charge in [0, 0.05) is 7.26 Å². The molecule has 0 aliphatic heterocycles. The highest BCUT2D eigenvalue weighted by atomic mass is 14.2. The Hall–Kier alpha value is -0.440. The van der Waals surface area contributed by atoms with E-state index in [0.717, 1.165) is 12.8 Å². The summed E-state index contributed by atoms with van der Waals surface area (Å²) in [5.41, 5.74) is 0. The molecule has 0 amide bonds. The van der Waals surface area contributed by atoms with Crippen LogP contribution in [0, 0.1) is 17.7 Å². The molecule has 1 rings (SSSR count). The van der Waals surface area contributed by atoms with Gasteiger partial charge in [-0.1, -0.05) is 0 Å². The largest absolute Gasteiger partial charge is 0.106 e. The van der Waals surface area contributed by atoms with E-state index in [4.69, 9.17) is 1.37 Å². The molecule has 0 atom stereocenters. The number of hydrogen-bond acceptors (Lipinski definition) is 0. The molecular weight excluding hydrogens is 72.1 g/mol. The van der Waals surface area contributed by atoms with Crippen molar-refractivity contribution >= 4 is 0 Å². The summed E-state index contributed by atoms with van der Waals surface area (Å²) < 4.78 is 7.27. The van der Waals surface area contributed by atoms with Crippen LogP contribution in [0.2, 0.25) is 0 Å². The molecule has 0 heteroatoms. The minimum atomic E-state index is -0.311. The predicted octanol–water partition coefficient (Wildman–Crippen LogP) is 1.42. The molecule has 0 radical (unpaired) electrons. The van der Waals surface area contributed by atoms with E-state index >= 15 is 0 Å². The fraction of sp³-hybridized carbons (Fsp3) is 0.667. The van der Waals surface area contributed by atoms with Gasteiger partial charge in [-0.25, -0.2) is 0 Å². The Labute approximate surface area is 40.0 Å². The molecule has 1 saturated carbocycles. The van der Waals surface area contributed by atoms with E-state index in [-0.39, 0.29) is 5.89 Å². The Morgan fingerprint density at radius 3 is 2.67 bits per heavy atom. The molecule has 0 bridgehead atoms. The van der Waals surface area contributed by atoms with Gasteiger partial charge in [-0.3, -0.25) is 0 Å². The standard InChI is InChI=1S/C6H8/c1-2-3-6-4-5-6/h6H,4-5H2,1H3/i6D. The van der Waals surface area contributed by atoms with Crippen LogP contribution in [-0.4, -0.2) is 0 Å². The van der Waals surface area contributed by atoms with E-state index in [1.165, 1.54) is 0 Å². The van der Waals surface area contributed by atoms with Gasteiger partial charge in [-0.05, 0) is 19.8 Å². The molecule has 0 aromatic heterocycles. The monoisotopic (exact) mass is 81.1 g/mol. The van der Waals surface area contributed by atoms with E-state index in [0.29, 0.717) is 0 Å². The normalized spacial score (nSPS) is 26.5. The maximum atomic E-state index is 7.27. The minimum absolute atomic E-state index is 0.311. The zero-order chi connectivity index (χ0) is 5.33. The quantitative estimate of drug-likeness (QED) is 0.387. The fourth-order valence-electron chi connectivity index (χ4n) is 0.364. The lowest BCUT2D eigenvalue weighted by atomic mass is 10.4. The predicted molar refractivity (Wildman–Crippen MR) is 26.2 cm³/mol. The molecule has 1 aliphatic rings. The molecular formula is C6H8. The van der Waals surface area contributed by atoms with E-state index in [1.54, 1.807) is 6.92 Å². The van der Waals surface area contributed by atoms with Gasteiger partial charge < -0.3 is 0 Å².